The van der Waals surface area contributed by atoms with Crippen molar-refractivity contribution in [3.63, 3.8) is 0 Å². The Bertz CT molecular complexity index is 1010. The van der Waals surface area contributed by atoms with Crippen LogP contribution in [0.2, 0.25) is 5.04 Å². The van der Waals surface area contributed by atoms with Gasteiger partial charge in [-0.1, -0.05) is 93.6 Å². The highest BCUT2D eigenvalue weighted by Gasteiger charge is 2.49. The first kappa shape index (κ1) is 28.9. The summed E-state index contributed by atoms with van der Waals surface area (Å²) in [5, 5.41) is 2.55. The zero-order valence-corrected chi connectivity index (χ0v) is 24.3. The fourth-order valence-electron chi connectivity index (χ4n) is 5.04. The van der Waals surface area contributed by atoms with Crippen LogP contribution < -0.4 is 10.4 Å². The van der Waals surface area contributed by atoms with Crippen LogP contribution in [0.3, 0.4) is 0 Å². The Morgan fingerprint density at radius 3 is 2.03 bits per heavy atom. The molecule has 200 valence electrons. The van der Waals surface area contributed by atoms with Crippen molar-refractivity contribution >= 4 is 30.7 Å². The lowest BCUT2D eigenvalue weighted by molar-refractivity contribution is -0.127. The maximum absolute atomic E-state index is 12.5. The summed E-state index contributed by atoms with van der Waals surface area (Å²) in [5.41, 5.74) is -0.626. The van der Waals surface area contributed by atoms with Crippen molar-refractivity contribution in [3.8, 4) is 0 Å². The summed E-state index contributed by atoms with van der Waals surface area (Å²) in [6, 6.07) is 21.2. The smallest absolute Gasteiger partial charge is 0.417 e. The van der Waals surface area contributed by atoms with Crippen LogP contribution in [0, 0.1) is 0 Å². The van der Waals surface area contributed by atoms with E-state index in [1.165, 1.54) is 15.3 Å². The molecule has 1 aliphatic rings. The Balaban J connectivity index is 1.61. The van der Waals surface area contributed by atoms with E-state index in [1.807, 2.05) is 26.8 Å². The number of amides is 2. The van der Waals surface area contributed by atoms with Crippen LogP contribution in [0.1, 0.15) is 73.6 Å². The van der Waals surface area contributed by atoms with E-state index in [2.05, 4.69) is 87.5 Å². The van der Waals surface area contributed by atoms with E-state index in [4.69, 9.17) is 9.16 Å². The molecule has 6 heteroatoms. The molecular formula is C31H43NO4Si. The first-order valence-electron chi connectivity index (χ1n) is 13.4. The summed E-state index contributed by atoms with van der Waals surface area (Å²) in [4.78, 5) is 26.0. The van der Waals surface area contributed by atoms with Crippen molar-refractivity contribution in [2.45, 2.75) is 90.3 Å². The molecule has 1 heterocycles. The molecule has 0 radical (unpaired) electrons. The molecule has 0 unspecified atom stereocenters. The fraction of sp³-hybridized carbons (Fsp3) is 0.484. The number of unbranched alkanes of at least 4 members (excludes halogenated alkanes) is 2. The van der Waals surface area contributed by atoms with E-state index < -0.39 is 20.0 Å². The van der Waals surface area contributed by atoms with Gasteiger partial charge in [-0.05, 0) is 61.9 Å². The summed E-state index contributed by atoms with van der Waals surface area (Å²) in [6.07, 6.45) is 7.32. The largest absolute Gasteiger partial charge is 0.443 e. The topological polar surface area (TPSA) is 55.8 Å². The molecule has 0 N–H and O–H groups in total. The molecule has 2 amide bonds. The van der Waals surface area contributed by atoms with Crippen LogP contribution in [-0.4, -0.2) is 43.5 Å². The average molecular weight is 522 g/mol. The van der Waals surface area contributed by atoms with Crippen LogP contribution in [0.15, 0.2) is 72.8 Å². The lowest BCUT2D eigenvalue weighted by Gasteiger charge is -2.43. The van der Waals surface area contributed by atoms with Gasteiger partial charge in [-0.2, -0.15) is 0 Å². The number of imide groups is 1. The van der Waals surface area contributed by atoms with Gasteiger partial charge >= 0.3 is 6.09 Å². The van der Waals surface area contributed by atoms with E-state index in [1.54, 1.807) is 0 Å². The van der Waals surface area contributed by atoms with Crippen LogP contribution >= 0.6 is 0 Å². The zero-order valence-electron chi connectivity index (χ0n) is 23.3. The van der Waals surface area contributed by atoms with Crippen molar-refractivity contribution in [3.05, 3.63) is 72.8 Å². The molecule has 0 aromatic heterocycles. The van der Waals surface area contributed by atoms with Crippen molar-refractivity contribution in [2.24, 2.45) is 0 Å². The minimum absolute atomic E-state index is 0.0320. The van der Waals surface area contributed by atoms with Crippen molar-refractivity contribution in [1.82, 2.24) is 4.90 Å². The maximum atomic E-state index is 12.5. The summed E-state index contributed by atoms with van der Waals surface area (Å²) >= 11 is 0. The molecular weight excluding hydrogens is 478 g/mol. The van der Waals surface area contributed by atoms with Gasteiger partial charge in [0.2, 0.25) is 5.91 Å². The maximum Gasteiger partial charge on any atom is 0.417 e. The lowest BCUT2D eigenvalue weighted by atomic mass is 10.1. The molecule has 0 spiro atoms. The average Bonchev–Trinajstić information content (AvgIpc) is 3.20. The Morgan fingerprint density at radius 2 is 1.51 bits per heavy atom. The standard InChI is InChI=1S/C31H43NO4Si/c1-30(2,3)36-29(34)32-25(22-23-28(32)33)17-11-7-8-16-24-35-37(31(4,5)6,26-18-12-9-13-19-26)27-20-14-10-15-21-27/h9-15,17-21,25H,7-8,16,22-24H2,1-6H3/b17-11-/t25-/m1/s1. The Morgan fingerprint density at radius 1 is 0.946 bits per heavy atom. The lowest BCUT2D eigenvalue weighted by Crippen LogP contribution is -2.66. The molecule has 0 bridgehead atoms. The van der Waals surface area contributed by atoms with E-state index >= 15 is 0 Å². The Labute approximate surface area is 224 Å². The first-order chi connectivity index (χ1) is 17.5. The Hall–Kier alpha value is -2.70. The fourth-order valence-corrected chi connectivity index (χ4v) is 9.65. The number of nitrogens with zero attached hydrogens (tertiary/aromatic N) is 1. The van der Waals surface area contributed by atoms with Gasteiger partial charge in [0.25, 0.3) is 8.32 Å². The third-order valence-corrected chi connectivity index (χ3v) is 11.7. The second-order valence-corrected chi connectivity index (χ2v) is 16.1. The molecule has 0 saturated carbocycles. The van der Waals surface area contributed by atoms with Crippen LogP contribution in [0.4, 0.5) is 4.79 Å². The van der Waals surface area contributed by atoms with Crippen LogP contribution in [0.25, 0.3) is 0 Å². The first-order valence-corrected chi connectivity index (χ1v) is 15.3. The predicted molar refractivity (Wildman–Crippen MR) is 153 cm³/mol. The SMILES string of the molecule is CC(C)(C)OC(=O)N1C(=O)CC[C@H]1/C=C\CCCCO[Si](c1ccccc1)(c1ccccc1)C(C)(C)C. The number of hydrogen-bond acceptors (Lipinski definition) is 4. The molecule has 3 rings (SSSR count). The Kier molecular flexibility index (Phi) is 9.54. The number of benzene rings is 2. The van der Waals surface area contributed by atoms with Gasteiger partial charge in [0, 0.05) is 13.0 Å². The summed E-state index contributed by atoms with van der Waals surface area (Å²) < 4.78 is 12.4. The quantitative estimate of drug-likeness (QED) is 0.223. The van der Waals surface area contributed by atoms with Gasteiger partial charge in [0.1, 0.15) is 5.60 Å². The molecule has 1 fully saturated rings. The monoisotopic (exact) mass is 521 g/mol. The van der Waals surface area contributed by atoms with Crippen molar-refractivity contribution in [2.75, 3.05) is 6.61 Å². The molecule has 0 aliphatic carbocycles. The van der Waals surface area contributed by atoms with Crippen LogP contribution in [-0.2, 0) is 14.0 Å². The van der Waals surface area contributed by atoms with E-state index in [0.717, 1.165) is 19.3 Å². The van der Waals surface area contributed by atoms with Crippen molar-refractivity contribution in [1.29, 1.82) is 0 Å². The summed E-state index contributed by atoms with van der Waals surface area (Å²) in [5.74, 6) is -0.164. The van der Waals surface area contributed by atoms with E-state index in [-0.39, 0.29) is 17.0 Å². The third kappa shape index (κ3) is 7.20. The molecule has 37 heavy (non-hydrogen) atoms. The molecule has 1 atom stereocenters. The van der Waals surface area contributed by atoms with Gasteiger partial charge in [-0.15, -0.1) is 0 Å². The van der Waals surface area contributed by atoms with E-state index in [0.29, 0.717) is 19.4 Å². The van der Waals surface area contributed by atoms with Gasteiger partial charge < -0.3 is 9.16 Å². The highest BCUT2D eigenvalue weighted by molar-refractivity contribution is 6.99. The number of carbonyl (C=O) groups is 2. The van der Waals surface area contributed by atoms with E-state index in [9.17, 15) is 9.59 Å². The number of hydrogen-bond donors (Lipinski definition) is 0. The van der Waals surface area contributed by atoms with Crippen molar-refractivity contribution < 1.29 is 18.8 Å². The minimum Gasteiger partial charge on any atom is -0.443 e. The highest BCUT2D eigenvalue weighted by Crippen LogP contribution is 2.36. The molecule has 1 aliphatic heterocycles. The predicted octanol–water partition coefficient (Wildman–Crippen LogP) is 6.22. The second-order valence-electron chi connectivity index (χ2n) is 11.8. The highest BCUT2D eigenvalue weighted by atomic mass is 28.4. The number of allylic oxidation sites excluding steroid dienone is 1. The molecule has 1 saturated heterocycles. The number of ether oxygens (including phenoxy) is 1. The summed E-state index contributed by atoms with van der Waals surface area (Å²) in [6.45, 7) is 13.0. The van der Waals surface area contributed by atoms with Crippen LogP contribution in [0.5, 0.6) is 0 Å². The number of likely N-dealkylation sites (tertiary alicyclic amines) is 1. The van der Waals surface area contributed by atoms with Gasteiger partial charge in [0.05, 0.1) is 6.04 Å². The second kappa shape index (κ2) is 12.2. The zero-order chi connectivity index (χ0) is 27.1. The number of carbonyl (C=O) groups excluding carboxylic acids is 2. The number of rotatable bonds is 9. The minimum atomic E-state index is -2.50. The van der Waals surface area contributed by atoms with Gasteiger partial charge in [0.15, 0.2) is 0 Å². The van der Waals surface area contributed by atoms with Gasteiger partial charge in [-0.3, -0.25) is 4.79 Å². The normalized spacial score (nSPS) is 17.0. The molecule has 2 aromatic rings. The van der Waals surface area contributed by atoms with Gasteiger partial charge in [-0.25, -0.2) is 9.69 Å². The summed E-state index contributed by atoms with van der Waals surface area (Å²) in [7, 11) is -2.50. The third-order valence-electron chi connectivity index (χ3n) is 6.70. The molecule has 2 aromatic carbocycles. The molecule has 5 nitrogen and oxygen atoms in total.